The van der Waals surface area contributed by atoms with Gasteiger partial charge in [-0.05, 0) is 31.2 Å². The quantitative estimate of drug-likeness (QED) is 0.537. The van der Waals surface area contributed by atoms with Crippen molar-refractivity contribution in [2.24, 2.45) is 5.10 Å². The van der Waals surface area contributed by atoms with Crippen LogP contribution in [-0.2, 0) is 10.0 Å². The SMILES string of the molecule is CCOc1cccc(C=NNS(=O)(=O)c2ccc(OC)c(OC)c2)c1O. The van der Waals surface area contributed by atoms with E-state index in [1.165, 1.54) is 38.6 Å². The van der Waals surface area contributed by atoms with Crippen molar-refractivity contribution in [2.45, 2.75) is 11.8 Å². The molecule has 2 aromatic carbocycles. The molecule has 0 aliphatic rings. The van der Waals surface area contributed by atoms with Crippen LogP contribution in [0.2, 0.25) is 0 Å². The van der Waals surface area contributed by atoms with Gasteiger partial charge in [0.1, 0.15) is 0 Å². The minimum Gasteiger partial charge on any atom is -0.504 e. The number of sulfonamides is 1. The maximum absolute atomic E-state index is 12.3. The second kappa shape index (κ2) is 8.43. The van der Waals surface area contributed by atoms with Gasteiger partial charge in [-0.3, -0.25) is 0 Å². The highest BCUT2D eigenvalue weighted by Crippen LogP contribution is 2.30. The predicted molar refractivity (Wildman–Crippen MR) is 96.7 cm³/mol. The molecule has 9 heteroatoms. The van der Waals surface area contributed by atoms with E-state index in [-0.39, 0.29) is 16.4 Å². The fourth-order valence-corrected chi connectivity index (χ4v) is 2.92. The lowest BCUT2D eigenvalue weighted by molar-refractivity contribution is 0.318. The van der Waals surface area contributed by atoms with Crippen molar-refractivity contribution < 1.29 is 27.7 Å². The molecule has 8 nitrogen and oxygen atoms in total. The van der Waals surface area contributed by atoms with E-state index in [9.17, 15) is 13.5 Å². The molecule has 0 fully saturated rings. The topological polar surface area (TPSA) is 106 Å². The van der Waals surface area contributed by atoms with Crippen molar-refractivity contribution in [3.63, 3.8) is 0 Å². The molecule has 0 unspecified atom stereocenters. The minimum absolute atomic E-state index is 0.0420. The molecule has 0 saturated heterocycles. The largest absolute Gasteiger partial charge is 0.504 e. The highest BCUT2D eigenvalue weighted by Gasteiger charge is 2.16. The lowest BCUT2D eigenvalue weighted by Crippen LogP contribution is -2.18. The van der Waals surface area contributed by atoms with Crippen molar-refractivity contribution in [1.82, 2.24) is 4.83 Å². The van der Waals surface area contributed by atoms with Gasteiger partial charge in [-0.1, -0.05) is 6.07 Å². The lowest BCUT2D eigenvalue weighted by Gasteiger charge is -2.10. The van der Waals surface area contributed by atoms with Crippen molar-refractivity contribution in [1.29, 1.82) is 0 Å². The minimum atomic E-state index is -3.92. The summed E-state index contributed by atoms with van der Waals surface area (Å²) in [5.41, 5.74) is 0.311. The van der Waals surface area contributed by atoms with E-state index < -0.39 is 10.0 Å². The van der Waals surface area contributed by atoms with Crippen LogP contribution in [-0.4, -0.2) is 40.6 Å². The van der Waals surface area contributed by atoms with Gasteiger partial charge >= 0.3 is 0 Å². The Morgan fingerprint density at radius 1 is 1.12 bits per heavy atom. The standard InChI is InChI=1S/C17H20N2O6S/c1-4-25-15-7-5-6-12(17(15)20)11-18-19-26(21,22)13-8-9-14(23-2)16(10-13)24-3/h5-11,19-20H,4H2,1-3H3. The number of phenols is 1. The van der Waals surface area contributed by atoms with E-state index in [2.05, 4.69) is 9.93 Å². The van der Waals surface area contributed by atoms with Gasteiger partial charge in [0.2, 0.25) is 0 Å². The van der Waals surface area contributed by atoms with Gasteiger partial charge in [-0.15, -0.1) is 0 Å². The molecule has 0 aromatic heterocycles. The van der Waals surface area contributed by atoms with E-state index in [1.807, 2.05) is 0 Å². The number of ether oxygens (including phenoxy) is 3. The predicted octanol–water partition coefficient (Wildman–Crippen LogP) is 2.12. The number of hydrogen-bond acceptors (Lipinski definition) is 7. The van der Waals surface area contributed by atoms with E-state index in [0.717, 1.165) is 0 Å². The summed E-state index contributed by atoms with van der Waals surface area (Å²) >= 11 is 0. The van der Waals surface area contributed by atoms with Crippen LogP contribution >= 0.6 is 0 Å². The Labute approximate surface area is 152 Å². The number of hydrazone groups is 1. The van der Waals surface area contributed by atoms with E-state index in [1.54, 1.807) is 25.1 Å². The first-order valence-corrected chi connectivity index (χ1v) is 9.13. The third kappa shape index (κ3) is 4.37. The van der Waals surface area contributed by atoms with Crippen LogP contribution in [0, 0.1) is 0 Å². The van der Waals surface area contributed by atoms with Crippen LogP contribution in [0.3, 0.4) is 0 Å². The Hall–Kier alpha value is -2.94. The molecule has 0 bridgehead atoms. The number of para-hydroxylation sites is 1. The van der Waals surface area contributed by atoms with Crippen molar-refractivity contribution in [3.05, 3.63) is 42.0 Å². The summed E-state index contributed by atoms with van der Waals surface area (Å²) in [6, 6.07) is 9.01. The lowest BCUT2D eigenvalue weighted by atomic mass is 10.2. The zero-order chi connectivity index (χ0) is 19.2. The average molecular weight is 380 g/mol. The van der Waals surface area contributed by atoms with Gasteiger partial charge in [0.25, 0.3) is 10.0 Å². The molecule has 0 heterocycles. The smallest absolute Gasteiger partial charge is 0.276 e. The Balaban J connectivity index is 2.20. The third-order valence-electron chi connectivity index (χ3n) is 3.37. The summed E-state index contributed by atoms with van der Waals surface area (Å²) in [6.45, 7) is 2.18. The number of nitrogens with zero attached hydrogens (tertiary/aromatic N) is 1. The Morgan fingerprint density at radius 3 is 2.50 bits per heavy atom. The fraction of sp³-hybridized carbons (Fsp3) is 0.235. The molecule has 0 amide bonds. The molecule has 0 atom stereocenters. The van der Waals surface area contributed by atoms with Gasteiger partial charge in [-0.2, -0.15) is 13.5 Å². The van der Waals surface area contributed by atoms with Crippen molar-refractivity contribution >= 4 is 16.2 Å². The van der Waals surface area contributed by atoms with Crippen molar-refractivity contribution in [2.75, 3.05) is 20.8 Å². The number of hydrogen-bond donors (Lipinski definition) is 2. The van der Waals surface area contributed by atoms with Crippen LogP contribution in [0.1, 0.15) is 12.5 Å². The van der Waals surface area contributed by atoms with Crippen LogP contribution in [0.5, 0.6) is 23.0 Å². The molecule has 26 heavy (non-hydrogen) atoms. The molecular weight excluding hydrogens is 360 g/mol. The Bertz CT molecular complexity index is 896. The van der Waals surface area contributed by atoms with Crippen LogP contribution in [0.25, 0.3) is 0 Å². The number of benzene rings is 2. The van der Waals surface area contributed by atoms with Gasteiger partial charge in [0.15, 0.2) is 23.0 Å². The monoisotopic (exact) mass is 380 g/mol. The summed E-state index contributed by atoms with van der Waals surface area (Å²) in [5.74, 6) is 0.858. The van der Waals surface area contributed by atoms with E-state index in [0.29, 0.717) is 23.7 Å². The molecule has 0 radical (unpaired) electrons. The number of rotatable bonds is 8. The maximum atomic E-state index is 12.3. The molecule has 0 saturated carbocycles. The van der Waals surface area contributed by atoms with Crippen LogP contribution in [0.15, 0.2) is 46.4 Å². The first kappa shape index (κ1) is 19.4. The first-order valence-electron chi connectivity index (χ1n) is 7.64. The summed E-state index contributed by atoms with van der Waals surface area (Å²) in [4.78, 5) is 2.04. The second-order valence-electron chi connectivity index (χ2n) is 5.00. The maximum Gasteiger partial charge on any atom is 0.276 e. The highest BCUT2D eigenvalue weighted by molar-refractivity contribution is 7.89. The summed E-state index contributed by atoms with van der Waals surface area (Å²) < 4.78 is 40.1. The molecule has 140 valence electrons. The summed E-state index contributed by atoms with van der Waals surface area (Å²) in [6.07, 6.45) is 1.19. The van der Waals surface area contributed by atoms with Crippen LogP contribution in [0.4, 0.5) is 0 Å². The molecule has 2 aromatic rings. The Morgan fingerprint density at radius 2 is 1.85 bits per heavy atom. The molecule has 0 aliphatic carbocycles. The van der Waals surface area contributed by atoms with Crippen LogP contribution < -0.4 is 19.0 Å². The average Bonchev–Trinajstić information content (AvgIpc) is 2.64. The van der Waals surface area contributed by atoms with E-state index >= 15 is 0 Å². The van der Waals surface area contributed by atoms with Gasteiger partial charge in [0, 0.05) is 11.6 Å². The number of phenolic OH excluding ortho intramolecular Hbond substituents is 1. The molecule has 2 rings (SSSR count). The second-order valence-corrected chi connectivity index (χ2v) is 6.66. The highest BCUT2D eigenvalue weighted by atomic mass is 32.2. The summed E-state index contributed by atoms with van der Waals surface area (Å²) in [7, 11) is -1.05. The molecule has 0 aliphatic heterocycles. The van der Waals surface area contributed by atoms with Gasteiger partial charge in [-0.25, -0.2) is 4.83 Å². The molecule has 2 N–H and O–H groups in total. The number of nitrogens with one attached hydrogen (secondary N) is 1. The zero-order valence-corrected chi connectivity index (χ0v) is 15.4. The summed E-state index contributed by atoms with van der Waals surface area (Å²) in [5, 5.41) is 13.8. The van der Waals surface area contributed by atoms with Gasteiger partial charge < -0.3 is 19.3 Å². The van der Waals surface area contributed by atoms with Crippen molar-refractivity contribution in [3.8, 4) is 23.0 Å². The number of methoxy groups -OCH3 is 2. The normalized spacial score (nSPS) is 11.3. The first-order chi connectivity index (χ1) is 12.4. The zero-order valence-electron chi connectivity index (χ0n) is 14.6. The fourth-order valence-electron chi connectivity index (χ4n) is 2.12. The van der Waals surface area contributed by atoms with E-state index in [4.69, 9.17) is 14.2 Å². The van der Waals surface area contributed by atoms with Gasteiger partial charge in [0.05, 0.1) is 31.9 Å². The molecule has 0 spiro atoms. The third-order valence-corrected chi connectivity index (χ3v) is 4.59. The number of aromatic hydroxyl groups is 1. The Kier molecular flexibility index (Phi) is 6.29. The molecular formula is C17H20N2O6S.